The van der Waals surface area contributed by atoms with Gasteiger partial charge < -0.3 is 10.1 Å². The average molecular weight is 314 g/mol. The van der Waals surface area contributed by atoms with E-state index in [1.54, 1.807) is 30.3 Å². The monoisotopic (exact) mass is 313 g/mol. The van der Waals surface area contributed by atoms with Gasteiger partial charge in [0.1, 0.15) is 18.2 Å². The van der Waals surface area contributed by atoms with Crippen LogP contribution in [-0.4, -0.2) is 7.05 Å². The van der Waals surface area contributed by atoms with E-state index in [0.717, 1.165) is 5.56 Å². The zero-order valence-corrected chi connectivity index (χ0v) is 12.4. The highest BCUT2D eigenvalue weighted by Gasteiger charge is 2.07. The first-order valence-corrected chi connectivity index (χ1v) is 6.85. The summed E-state index contributed by atoms with van der Waals surface area (Å²) in [6.45, 7) is 0.772. The molecule has 0 bridgehead atoms. The molecule has 0 spiro atoms. The Bertz CT molecular complexity index is 604. The molecular weight excluding hydrogens is 300 g/mol. The molecule has 0 aliphatic rings. The topological polar surface area (TPSA) is 21.3 Å². The third-order valence-corrected chi connectivity index (χ3v) is 3.31. The molecule has 0 atom stereocenters. The van der Waals surface area contributed by atoms with Crippen molar-refractivity contribution in [2.24, 2.45) is 0 Å². The fourth-order valence-corrected chi connectivity index (χ4v) is 2.13. The van der Waals surface area contributed by atoms with Crippen molar-refractivity contribution in [2.75, 3.05) is 7.05 Å². The van der Waals surface area contributed by atoms with Crippen LogP contribution in [0.25, 0.3) is 0 Å². The van der Waals surface area contributed by atoms with Crippen LogP contribution < -0.4 is 10.1 Å². The van der Waals surface area contributed by atoms with Gasteiger partial charge in [-0.3, -0.25) is 0 Å². The molecule has 2 rings (SSSR count). The fourth-order valence-electron chi connectivity index (χ4n) is 1.80. The van der Waals surface area contributed by atoms with Gasteiger partial charge in [-0.25, -0.2) is 4.39 Å². The number of hydrogen-bond acceptors (Lipinski definition) is 2. The summed E-state index contributed by atoms with van der Waals surface area (Å²) in [5, 5.41) is 3.99. The second kappa shape index (κ2) is 6.93. The second-order valence-corrected chi connectivity index (χ2v) is 5.16. The summed E-state index contributed by atoms with van der Waals surface area (Å²) in [6.07, 6.45) is 0. The van der Waals surface area contributed by atoms with Gasteiger partial charge in [-0.15, -0.1) is 0 Å². The third-order valence-electron chi connectivity index (χ3n) is 2.77. The molecule has 0 fully saturated rings. The quantitative estimate of drug-likeness (QED) is 0.881. The van der Waals surface area contributed by atoms with E-state index in [4.69, 9.17) is 27.9 Å². The molecule has 106 valence electrons. The summed E-state index contributed by atoms with van der Waals surface area (Å²) in [5.41, 5.74) is 1.47. The summed E-state index contributed by atoms with van der Waals surface area (Å²) >= 11 is 11.9. The van der Waals surface area contributed by atoms with Gasteiger partial charge in [0.05, 0.1) is 5.02 Å². The van der Waals surface area contributed by atoms with Gasteiger partial charge in [0.2, 0.25) is 0 Å². The van der Waals surface area contributed by atoms with E-state index in [1.165, 1.54) is 6.07 Å². The Kier molecular flexibility index (Phi) is 5.24. The molecule has 0 aromatic heterocycles. The highest BCUT2D eigenvalue weighted by Crippen LogP contribution is 2.28. The van der Waals surface area contributed by atoms with E-state index in [1.807, 2.05) is 7.05 Å². The normalized spacial score (nSPS) is 10.6. The summed E-state index contributed by atoms with van der Waals surface area (Å²) in [6, 6.07) is 9.87. The van der Waals surface area contributed by atoms with Crippen LogP contribution in [0.1, 0.15) is 11.1 Å². The van der Waals surface area contributed by atoms with E-state index in [-0.39, 0.29) is 12.4 Å². The summed E-state index contributed by atoms with van der Waals surface area (Å²) in [4.78, 5) is 0. The van der Waals surface area contributed by atoms with Crippen molar-refractivity contribution in [3.63, 3.8) is 0 Å². The lowest BCUT2D eigenvalue weighted by atomic mass is 10.1. The molecule has 0 unspecified atom stereocenters. The SMILES string of the molecule is CNCc1ccc(F)c(COc2cc(Cl)ccc2Cl)c1. The minimum atomic E-state index is -0.303. The molecule has 1 N–H and O–H groups in total. The van der Waals surface area contributed by atoms with Gasteiger partial charge in [0.15, 0.2) is 0 Å². The first-order valence-electron chi connectivity index (χ1n) is 6.10. The van der Waals surface area contributed by atoms with Crippen molar-refractivity contribution < 1.29 is 9.13 Å². The van der Waals surface area contributed by atoms with E-state index < -0.39 is 0 Å². The number of benzene rings is 2. The van der Waals surface area contributed by atoms with E-state index in [9.17, 15) is 4.39 Å². The Morgan fingerprint density at radius 3 is 2.70 bits per heavy atom. The van der Waals surface area contributed by atoms with E-state index in [0.29, 0.717) is 27.9 Å². The molecule has 0 aliphatic heterocycles. The largest absolute Gasteiger partial charge is 0.487 e. The average Bonchev–Trinajstić information content (AvgIpc) is 2.43. The van der Waals surface area contributed by atoms with Crippen LogP contribution >= 0.6 is 23.2 Å². The van der Waals surface area contributed by atoms with Crippen molar-refractivity contribution in [3.8, 4) is 5.75 Å². The third kappa shape index (κ3) is 3.85. The molecule has 0 amide bonds. The number of rotatable bonds is 5. The summed E-state index contributed by atoms with van der Waals surface area (Å²) in [7, 11) is 1.84. The minimum Gasteiger partial charge on any atom is -0.487 e. The molecule has 0 aliphatic carbocycles. The molecule has 0 radical (unpaired) electrons. The molecule has 2 aromatic rings. The van der Waals surface area contributed by atoms with Crippen LogP contribution in [0.15, 0.2) is 36.4 Å². The van der Waals surface area contributed by atoms with Crippen LogP contribution in [0.5, 0.6) is 5.75 Å². The van der Waals surface area contributed by atoms with Crippen LogP contribution in [0.4, 0.5) is 4.39 Å². The Morgan fingerprint density at radius 2 is 1.95 bits per heavy atom. The Hall–Kier alpha value is -1.29. The Labute approximate surface area is 127 Å². The van der Waals surface area contributed by atoms with Gasteiger partial charge in [0.25, 0.3) is 0 Å². The zero-order valence-electron chi connectivity index (χ0n) is 10.9. The van der Waals surface area contributed by atoms with E-state index >= 15 is 0 Å². The molecule has 0 saturated heterocycles. The van der Waals surface area contributed by atoms with E-state index in [2.05, 4.69) is 5.32 Å². The predicted octanol–water partition coefficient (Wildman–Crippen LogP) is 4.43. The van der Waals surface area contributed by atoms with Gasteiger partial charge in [-0.2, -0.15) is 0 Å². The fraction of sp³-hybridized carbons (Fsp3) is 0.200. The van der Waals surface area contributed by atoms with Crippen LogP contribution in [0.2, 0.25) is 10.0 Å². The number of ether oxygens (including phenoxy) is 1. The molecule has 2 nitrogen and oxygen atoms in total. The maximum absolute atomic E-state index is 13.7. The van der Waals surface area contributed by atoms with Crippen molar-refractivity contribution >= 4 is 23.2 Å². The molecule has 5 heteroatoms. The van der Waals surface area contributed by atoms with Crippen LogP contribution in [0.3, 0.4) is 0 Å². The summed E-state index contributed by atoms with van der Waals surface area (Å²) < 4.78 is 19.3. The number of halogens is 3. The molecule has 0 heterocycles. The predicted molar refractivity (Wildman–Crippen MR) is 80.0 cm³/mol. The van der Waals surface area contributed by atoms with Crippen LogP contribution in [0, 0.1) is 5.82 Å². The smallest absolute Gasteiger partial charge is 0.139 e. The van der Waals surface area contributed by atoms with Crippen molar-refractivity contribution in [2.45, 2.75) is 13.2 Å². The molecule has 20 heavy (non-hydrogen) atoms. The van der Waals surface area contributed by atoms with Gasteiger partial charge in [-0.1, -0.05) is 29.3 Å². The molecule has 2 aromatic carbocycles. The van der Waals surface area contributed by atoms with Crippen molar-refractivity contribution in [1.29, 1.82) is 0 Å². The maximum Gasteiger partial charge on any atom is 0.139 e. The number of hydrogen-bond donors (Lipinski definition) is 1. The Balaban J connectivity index is 2.13. The molecule has 0 saturated carbocycles. The molecular formula is C15H14Cl2FNO. The lowest BCUT2D eigenvalue weighted by Crippen LogP contribution is -2.07. The van der Waals surface area contributed by atoms with Gasteiger partial charge in [0, 0.05) is 23.2 Å². The maximum atomic E-state index is 13.7. The highest BCUT2D eigenvalue weighted by atomic mass is 35.5. The van der Waals surface area contributed by atoms with Crippen molar-refractivity contribution in [1.82, 2.24) is 5.32 Å². The van der Waals surface area contributed by atoms with Crippen LogP contribution in [-0.2, 0) is 13.2 Å². The lowest BCUT2D eigenvalue weighted by molar-refractivity contribution is 0.300. The minimum absolute atomic E-state index is 0.101. The standard InChI is InChI=1S/C15H14Cl2FNO/c1-19-8-10-2-5-14(18)11(6-10)9-20-15-7-12(16)3-4-13(15)17/h2-7,19H,8-9H2,1H3. The zero-order chi connectivity index (χ0) is 14.5. The van der Waals surface area contributed by atoms with Crippen molar-refractivity contribution in [3.05, 3.63) is 63.4 Å². The first-order chi connectivity index (χ1) is 9.60. The Morgan fingerprint density at radius 1 is 1.15 bits per heavy atom. The van der Waals surface area contributed by atoms with Gasteiger partial charge in [-0.05, 0) is 36.9 Å². The van der Waals surface area contributed by atoms with Gasteiger partial charge >= 0.3 is 0 Å². The second-order valence-electron chi connectivity index (χ2n) is 4.32. The summed E-state index contributed by atoms with van der Waals surface area (Å²) in [5.74, 6) is 0.139. The highest BCUT2D eigenvalue weighted by molar-refractivity contribution is 6.34. The number of nitrogens with one attached hydrogen (secondary N) is 1. The first kappa shape index (κ1) is 15.1. The lowest BCUT2D eigenvalue weighted by Gasteiger charge is -2.10.